The third-order valence-corrected chi connectivity index (χ3v) is 4.63. The normalized spacial score (nSPS) is 27.6. The molecule has 2 saturated heterocycles. The molecule has 118 valence electrons. The Morgan fingerprint density at radius 1 is 1.32 bits per heavy atom. The van der Waals surface area contributed by atoms with Crippen molar-refractivity contribution in [3.05, 3.63) is 29.8 Å². The van der Waals surface area contributed by atoms with Crippen LogP contribution in [0.3, 0.4) is 0 Å². The summed E-state index contributed by atoms with van der Waals surface area (Å²) in [5.74, 6) is -1.22. The number of rotatable bonds is 5. The van der Waals surface area contributed by atoms with Crippen LogP contribution in [0, 0.1) is 11.8 Å². The molecule has 3 rings (SSSR count). The average Bonchev–Trinajstić information content (AvgIpc) is 3.12. The number of hydrogen-bond acceptors (Lipinski definition) is 3. The molecule has 0 aliphatic carbocycles. The highest BCUT2D eigenvalue weighted by Crippen LogP contribution is 2.39. The lowest BCUT2D eigenvalue weighted by molar-refractivity contribution is -0.141. The fourth-order valence-electron chi connectivity index (χ4n) is 3.31. The van der Waals surface area contributed by atoms with E-state index in [1.807, 2.05) is 24.3 Å². The summed E-state index contributed by atoms with van der Waals surface area (Å²) in [6, 6.07) is 7.39. The second-order valence-corrected chi connectivity index (χ2v) is 6.35. The number of aliphatic carboxylic acids is 1. The number of carbonyl (C=O) groups excluding carboxylic acids is 1. The van der Waals surface area contributed by atoms with Gasteiger partial charge in [0.2, 0.25) is 5.91 Å². The highest BCUT2D eigenvalue weighted by Gasteiger charge is 2.44. The van der Waals surface area contributed by atoms with Crippen LogP contribution >= 0.6 is 0 Å². The molecule has 5 heteroatoms. The van der Waals surface area contributed by atoms with Crippen molar-refractivity contribution in [1.29, 1.82) is 0 Å². The average molecular weight is 303 g/mol. The molecule has 2 fully saturated rings. The van der Waals surface area contributed by atoms with Crippen LogP contribution in [-0.4, -0.2) is 29.2 Å². The first-order valence-corrected chi connectivity index (χ1v) is 7.81. The van der Waals surface area contributed by atoms with Gasteiger partial charge in [-0.25, -0.2) is 0 Å². The van der Waals surface area contributed by atoms with Gasteiger partial charge in [-0.15, -0.1) is 0 Å². The molecular weight excluding hydrogens is 282 g/mol. The van der Waals surface area contributed by atoms with Crippen molar-refractivity contribution < 1.29 is 19.4 Å². The quantitative estimate of drug-likeness (QED) is 0.876. The summed E-state index contributed by atoms with van der Waals surface area (Å²) >= 11 is 0. The van der Waals surface area contributed by atoms with Gasteiger partial charge < -0.3 is 15.2 Å². The summed E-state index contributed by atoms with van der Waals surface area (Å²) in [5, 5.41) is 11.9. The van der Waals surface area contributed by atoms with E-state index in [0.717, 1.165) is 30.5 Å². The van der Waals surface area contributed by atoms with Crippen LogP contribution in [0.25, 0.3) is 0 Å². The minimum atomic E-state index is -0.798. The highest BCUT2D eigenvalue weighted by molar-refractivity contribution is 5.93. The monoisotopic (exact) mass is 303 g/mol. The number of amides is 1. The van der Waals surface area contributed by atoms with Crippen molar-refractivity contribution in [2.45, 2.75) is 44.8 Å². The maximum absolute atomic E-state index is 12.3. The summed E-state index contributed by atoms with van der Waals surface area (Å²) in [4.78, 5) is 23.1. The summed E-state index contributed by atoms with van der Waals surface area (Å²) < 4.78 is 5.71. The van der Waals surface area contributed by atoms with Gasteiger partial charge in [0.15, 0.2) is 0 Å². The van der Waals surface area contributed by atoms with Crippen molar-refractivity contribution in [1.82, 2.24) is 0 Å². The number of anilines is 1. The first kappa shape index (κ1) is 15.0. The second-order valence-electron chi connectivity index (χ2n) is 6.35. The van der Waals surface area contributed by atoms with E-state index in [9.17, 15) is 9.59 Å². The Bertz CT molecular complexity index is 569. The summed E-state index contributed by atoms with van der Waals surface area (Å²) in [6.45, 7) is 1.69. The molecule has 5 nitrogen and oxygen atoms in total. The van der Waals surface area contributed by atoms with Gasteiger partial charge in [0, 0.05) is 5.69 Å². The molecule has 1 amide bonds. The third-order valence-electron chi connectivity index (χ3n) is 4.63. The molecule has 0 radical (unpaired) electrons. The van der Waals surface area contributed by atoms with Gasteiger partial charge >= 0.3 is 5.97 Å². The standard InChI is InChI=1S/C17H21NO4/c1-10(17(20)21)8-11-2-4-12(5-3-11)18-16(19)14-9-13-6-7-15(14)22-13/h2-5,10,13-15H,6-9H2,1H3,(H,18,19)(H,20,21)/t10-,13-,14+,15-/m1/s1. The predicted octanol–water partition coefficient (Wildman–Crippen LogP) is 2.46. The number of carbonyl (C=O) groups is 2. The Balaban J connectivity index is 1.57. The lowest BCUT2D eigenvalue weighted by Gasteiger charge is -2.18. The Kier molecular flexibility index (Phi) is 4.16. The zero-order chi connectivity index (χ0) is 15.7. The molecule has 0 spiro atoms. The van der Waals surface area contributed by atoms with Crippen molar-refractivity contribution in [2.75, 3.05) is 5.32 Å². The van der Waals surface area contributed by atoms with Crippen LogP contribution in [0.2, 0.25) is 0 Å². The van der Waals surface area contributed by atoms with E-state index in [2.05, 4.69) is 5.32 Å². The molecule has 2 N–H and O–H groups in total. The van der Waals surface area contributed by atoms with E-state index in [0.29, 0.717) is 6.42 Å². The van der Waals surface area contributed by atoms with Crippen molar-refractivity contribution in [3.63, 3.8) is 0 Å². The molecule has 0 unspecified atom stereocenters. The van der Waals surface area contributed by atoms with Gasteiger partial charge in [-0.3, -0.25) is 9.59 Å². The molecule has 22 heavy (non-hydrogen) atoms. The van der Waals surface area contributed by atoms with Gasteiger partial charge in [-0.05, 0) is 43.4 Å². The second kappa shape index (κ2) is 6.08. The fourth-order valence-corrected chi connectivity index (χ4v) is 3.31. The first-order chi connectivity index (χ1) is 10.5. The number of benzene rings is 1. The van der Waals surface area contributed by atoms with Gasteiger partial charge in [0.05, 0.1) is 24.0 Å². The minimum absolute atomic E-state index is 0.0267. The van der Waals surface area contributed by atoms with Crippen LogP contribution in [0.15, 0.2) is 24.3 Å². The summed E-state index contributed by atoms with van der Waals surface area (Å²) in [7, 11) is 0. The molecule has 1 aromatic rings. The SMILES string of the molecule is C[C@H](Cc1ccc(NC(=O)[C@H]2C[C@H]3CC[C@H]2O3)cc1)C(=O)O. The van der Waals surface area contributed by atoms with Gasteiger partial charge in [-0.1, -0.05) is 19.1 Å². The number of carboxylic acid groups (broad SMARTS) is 1. The summed E-state index contributed by atoms with van der Waals surface area (Å²) in [6.07, 6.45) is 3.72. The Morgan fingerprint density at radius 2 is 2.05 bits per heavy atom. The topological polar surface area (TPSA) is 75.6 Å². The van der Waals surface area contributed by atoms with Crippen LogP contribution in [-0.2, 0) is 20.7 Å². The van der Waals surface area contributed by atoms with Crippen molar-refractivity contribution >= 4 is 17.6 Å². The lowest BCUT2D eigenvalue weighted by atomic mass is 9.88. The van der Waals surface area contributed by atoms with Crippen LogP contribution in [0.1, 0.15) is 31.7 Å². The minimum Gasteiger partial charge on any atom is -0.481 e. The number of nitrogens with one attached hydrogen (secondary N) is 1. The van der Waals surface area contributed by atoms with E-state index >= 15 is 0 Å². The van der Waals surface area contributed by atoms with Gasteiger partial charge in [-0.2, -0.15) is 0 Å². The molecule has 2 aliphatic rings. The smallest absolute Gasteiger partial charge is 0.306 e. The van der Waals surface area contributed by atoms with Crippen LogP contribution in [0.4, 0.5) is 5.69 Å². The molecule has 2 heterocycles. The Labute approximate surface area is 129 Å². The summed E-state index contributed by atoms with van der Waals surface area (Å²) in [5.41, 5.74) is 1.70. The first-order valence-electron chi connectivity index (χ1n) is 7.81. The number of fused-ring (bicyclic) bond motifs is 2. The molecule has 2 aliphatic heterocycles. The Hall–Kier alpha value is -1.88. The predicted molar refractivity (Wildman–Crippen MR) is 81.6 cm³/mol. The largest absolute Gasteiger partial charge is 0.481 e. The maximum atomic E-state index is 12.3. The molecule has 1 aromatic carbocycles. The maximum Gasteiger partial charge on any atom is 0.306 e. The number of hydrogen-bond donors (Lipinski definition) is 2. The van der Waals surface area contributed by atoms with E-state index in [4.69, 9.17) is 9.84 Å². The molecule has 4 atom stereocenters. The zero-order valence-electron chi connectivity index (χ0n) is 12.6. The van der Waals surface area contributed by atoms with Gasteiger partial charge in [0.1, 0.15) is 0 Å². The fraction of sp³-hybridized carbons (Fsp3) is 0.529. The molecule has 0 aromatic heterocycles. The van der Waals surface area contributed by atoms with Crippen molar-refractivity contribution in [2.24, 2.45) is 11.8 Å². The highest BCUT2D eigenvalue weighted by atomic mass is 16.5. The Morgan fingerprint density at radius 3 is 2.59 bits per heavy atom. The molecule has 2 bridgehead atoms. The number of ether oxygens (including phenoxy) is 1. The third kappa shape index (κ3) is 3.14. The molecule has 0 saturated carbocycles. The van der Waals surface area contributed by atoms with Crippen LogP contribution < -0.4 is 5.32 Å². The number of carboxylic acids is 1. The van der Waals surface area contributed by atoms with E-state index < -0.39 is 11.9 Å². The van der Waals surface area contributed by atoms with E-state index in [1.165, 1.54) is 0 Å². The lowest BCUT2D eigenvalue weighted by Crippen LogP contribution is -2.30. The zero-order valence-corrected chi connectivity index (χ0v) is 12.6. The van der Waals surface area contributed by atoms with Crippen LogP contribution in [0.5, 0.6) is 0 Å². The van der Waals surface area contributed by atoms with Gasteiger partial charge in [0.25, 0.3) is 0 Å². The van der Waals surface area contributed by atoms with Crippen molar-refractivity contribution in [3.8, 4) is 0 Å². The van der Waals surface area contributed by atoms with E-state index in [-0.39, 0.29) is 24.0 Å². The van der Waals surface area contributed by atoms with E-state index in [1.54, 1.807) is 6.92 Å². The molecular formula is C17H21NO4.